The van der Waals surface area contributed by atoms with E-state index in [1.807, 2.05) is 66.7 Å². The van der Waals surface area contributed by atoms with Crippen LogP contribution in [-0.2, 0) is 0 Å². The van der Waals surface area contributed by atoms with E-state index in [0.29, 0.717) is 38.8 Å². The van der Waals surface area contributed by atoms with Gasteiger partial charge in [0, 0.05) is 21.7 Å². The van der Waals surface area contributed by atoms with Crippen LogP contribution >= 0.6 is 0 Å². The van der Waals surface area contributed by atoms with Gasteiger partial charge < -0.3 is 4.42 Å². The summed E-state index contributed by atoms with van der Waals surface area (Å²) in [6, 6.07) is 50.4. The lowest BCUT2D eigenvalue weighted by molar-refractivity contribution is 0.666. The first kappa shape index (κ1) is 25.0. The number of aromatic nitrogens is 3. The Balaban J connectivity index is 1.18. The van der Waals surface area contributed by atoms with Crippen molar-refractivity contribution in [2.24, 2.45) is 0 Å². The zero-order chi connectivity index (χ0) is 37.7. The summed E-state index contributed by atoms with van der Waals surface area (Å²) in [6.07, 6.45) is 0. The van der Waals surface area contributed by atoms with Crippen LogP contribution in [0.15, 0.2) is 180 Å². The quantitative estimate of drug-likeness (QED) is 0.188. The summed E-state index contributed by atoms with van der Waals surface area (Å²) in [5.74, 6) is 0.282. The standard InChI is InChI=1S/C48H29N3O/c1-2-12-30(13-3-1)35-20-10-15-33-16-11-21-36(43(33)35)32-24-26-34(27-25-32)45-47-46(39-19-7-9-23-42(39)52-47)50-48(49-45)51-40-22-8-6-18-38(40)44-37-17-5-4-14-31(37)28-29-41(44)51/h1-29H/i6D,8D,18D,22D. The van der Waals surface area contributed by atoms with E-state index in [1.54, 1.807) is 4.57 Å². The van der Waals surface area contributed by atoms with Gasteiger partial charge in [-0.2, -0.15) is 0 Å². The monoisotopic (exact) mass is 667 g/mol. The Hall–Kier alpha value is -7.04. The van der Waals surface area contributed by atoms with E-state index in [0.717, 1.165) is 49.2 Å². The fourth-order valence-corrected chi connectivity index (χ4v) is 7.81. The summed E-state index contributed by atoms with van der Waals surface area (Å²) in [5.41, 5.74) is 8.73. The van der Waals surface area contributed by atoms with Crippen LogP contribution in [0.4, 0.5) is 0 Å². The van der Waals surface area contributed by atoms with Crippen LogP contribution in [0.2, 0.25) is 0 Å². The molecule has 0 atom stereocenters. The molecule has 0 aliphatic heterocycles. The van der Waals surface area contributed by atoms with Crippen molar-refractivity contribution < 1.29 is 9.90 Å². The third-order valence-electron chi connectivity index (χ3n) is 10.2. The Labute approximate surface area is 304 Å². The number of benzene rings is 8. The molecule has 0 bridgehead atoms. The Morgan fingerprint density at radius 2 is 1.15 bits per heavy atom. The number of hydrogen-bond donors (Lipinski definition) is 0. The van der Waals surface area contributed by atoms with Gasteiger partial charge in [-0.3, -0.25) is 4.57 Å². The predicted octanol–water partition coefficient (Wildman–Crippen LogP) is 12.8. The lowest BCUT2D eigenvalue weighted by atomic mass is 9.91. The molecule has 3 heterocycles. The average Bonchev–Trinajstić information content (AvgIpc) is 3.81. The Kier molecular flexibility index (Phi) is 5.40. The summed E-state index contributed by atoms with van der Waals surface area (Å²) in [6.45, 7) is 0. The molecular formula is C48H29N3O. The Morgan fingerprint density at radius 1 is 0.481 bits per heavy atom. The van der Waals surface area contributed by atoms with Crippen molar-refractivity contribution in [3.63, 3.8) is 0 Å². The second-order valence-corrected chi connectivity index (χ2v) is 13.0. The molecule has 11 aromatic rings. The van der Waals surface area contributed by atoms with Crippen molar-refractivity contribution >= 4 is 65.4 Å². The minimum atomic E-state index is -0.314. The number of fused-ring (bicyclic) bond motifs is 9. The minimum absolute atomic E-state index is 0.101. The summed E-state index contributed by atoms with van der Waals surface area (Å²) < 4.78 is 43.9. The molecular weight excluding hydrogens is 635 g/mol. The average molecular weight is 668 g/mol. The van der Waals surface area contributed by atoms with Crippen LogP contribution in [0.1, 0.15) is 5.48 Å². The fraction of sp³-hybridized carbons (Fsp3) is 0. The highest BCUT2D eigenvalue weighted by Crippen LogP contribution is 2.41. The van der Waals surface area contributed by atoms with E-state index in [-0.39, 0.29) is 30.1 Å². The predicted molar refractivity (Wildman–Crippen MR) is 215 cm³/mol. The van der Waals surface area contributed by atoms with Gasteiger partial charge in [-0.15, -0.1) is 0 Å². The number of nitrogens with zero attached hydrogens (tertiary/aromatic N) is 3. The van der Waals surface area contributed by atoms with E-state index < -0.39 is 0 Å². The number of para-hydroxylation sites is 2. The lowest BCUT2D eigenvalue weighted by Gasteiger charge is -2.13. The van der Waals surface area contributed by atoms with Gasteiger partial charge in [-0.1, -0.05) is 152 Å². The highest BCUT2D eigenvalue weighted by Gasteiger charge is 2.22. The molecule has 0 aliphatic rings. The van der Waals surface area contributed by atoms with Crippen LogP contribution in [0, 0.1) is 0 Å². The first-order valence-corrected chi connectivity index (χ1v) is 17.3. The first-order chi connectivity index (χ1) is 27.5. The molecule has 0 saturated heterocycles. The van der Waals surface area contributed by atoms with Crippen molar-refractivity contribution in [3.05, 3.63) is 176 Å². The maximum absolute atomic E-state index is 9.19. The molecule has 0 N–H and O–H groups in total. The lowest BCUT2D eigenvalue weighted by Crippen LogP contribution is -2.02. The van der Waals surface area contributed by atoms with Crippen LogP contribution in [0.5, 0.6) is 0 Å². The molecule has 52 heavy (non-hydrogen) atoms. The Morgan fingerprint density at radius 3 is 1.98 bits per heavy atom. The van der Waals surface area contributed by atoms with Crippen LogP contribution < -0.4 is 0 Å². The van der Waals surface area contributed by atoms with Gasteiger partial charge in [-0.25, -0.2) is 9.97 Å². The molecule has 0 fully saturated rings. The summed E-state index contributed by atoms with van der Waals surface area (Å²) >= 11 is 0. The third-order valence-corrected chi connectivity index (χ3v) is 10.2. The van der Waals surface area contributed by atoms with E-state index in [9.17, 15) is 1.37 Å². The molecule has 8 aromatic carbocycles. The maximum atomic E-state index is 9.19. The van der Waals surface area contributed by atoms with Gasteiger partial charge in [0.1, 0.15) is 16.8 Å². The number of hydrogen-bond acceptors (Lipinski definition) is 3. The molecule has 242 valence electrons. The number of furan rings is 1. The summed E-state index contributed by atoms with van der Waals surface area (Å²) in [7, 11) is 0. The van der Waals surface area contributed by atoms with Gasteiger partial charge in [0.05, 0.1) is 16.5 Å². The summed E-state index contributed by atoms with van der Waals surface area (Å²) in [5, 5.41) is 6.16. The SMILES string of the molecule is [2H]c1c([2H])c([2H])c2c(c1[2H])c1c3ccccc3ccc1n2-c1nc(-c2ccc(-c3cccc4cccc(-c5ccccc5)c34)cc2)c2oc3ccccc3c2n1. The molecule has 0 radical (unpaired) electrons. The van der Waals surface area contributed by atoms with Crippen molar-refractivity contribution in [3.8, 4) is 39.5 Å². The van der Waals surface area contributed by atoms with Crippen LogP contribution in [-0.4, -0.2) is 14.5 Å². The van der Waals surface area contributed by atoms with Gasteiger partial charge in [0.25, 0.3) is 0 Å². The molecule has 4 nitrogen and oxygen atoms in total. The normalized spacial score (nSPS) is 12.9. The van der Waals surface area contributed by atoms with Crippen molar-refractivity contribution in [2.45, 2.75) is 0 Å². The van der Waals surface area contributed by atoms with E-state index in [4.69, 9.17) is 18.5 Å². The second kappa shape index (κ2) is 11.2. The van der Waals surface area contributed by atoms with Crippen LogP contribution in [0.3, 0.4) is 0 Å². The zero-order valence-electron chi connectivity index (χ0n) is 31.7. The summed E-state index contributed by atoms with van der Waals surface area (Å²) in [4.78, 5) is 10.4. The molecule has 11 rings (SSSR count). The highest BCUT2D eigenvalue weighted by atomic mass is 16.3. The van der Waals surface area contributed by atoms with Crippen molar-refractivity contribution in [1.82, 2.24) is 14.5 Å². The topological polar surface area (TPSA) is 43.9 Å². The minimum Gasteiger partial charge on any atom is -0.452 e. The van der Waals surface area contributed by atoms with Crippen LogP contribution in [0.25, 0.3) is 105 Å². The smallest absolute Gasteiger partial charge is 0.236 e. The van der Waals surface area contributed by atoms with Gasteiger partial charge in [0.15, 0.2) is 5.58 Å². The largest absolute Gasteiger partial charge is 0.452 e. The van der Waals surface area contributed by atoms with Gasteiger partial charge in [0.2, 0.25) is 5.95 Å². The molecule has 0 aliphatic carbocycles. The first-order valence-electron chi connectivity index (χ1n) is 19.3. The van der Waals surface area contributed by atoms with Gasteiger partial charge >= 0.3 is 0 Å². The molecule has 4 heteroatoms. The third kappa shape index (κ3) is 4.28. The highest BCUT2D eigenvalue weighted by molar-refractivity contribution is 6.21. The molecule has 0 amide bonds. The molecule has 3 aromatic heterocycles. The maximum Gasteiger partial charge on any atom is 0.236 e. The van der Waals surface area contributed by atoms with E-state index in [2.05, 4.69) is 84.9 Å². The molecule has 0 saturated carbocycles. The fourth-order valence-electron chi connectivity index (χ4n) is 7.81. The van der Waals surface area contributed by atoms with Crippen molar-refractivity contribution in [2.75, 3.05) is 0 Å². The number of rotatable bonds is 4. The molecule has 0 spiro atoms. The van der Waals surface area contributed by atoms with Crippen molar-refractivity contribution in [1.29, 1.82) is 0 Å². The Bertz CT molecular complexity index is 3400. The molecule has 0 unspecified atom stereocenters. The van der Waals surface area contributed by atoms with E-state index >= 15 is 0 Å². The zero-order valence-corrected chi connectivity index (χ0v) is 27.7. The van der Waals surface area contributed by atoms with E-state index in [1.165, 1.54) is 10.9 Å². The van der Waals surface area contributed by atoms with Gasteiger partial charge in [-0.05, 0) is 68.0 Å². The second-order valence-electron chi connectivity index (χ2n) is 13.0.